The first kappa shape index (κ1) is 19.2. The molecule has 1 fully saturated rings. The molecule has 1 aromatic carbocycles. The van der Waals surface area contributed by atoms with Gasteiger partial charge in [-0.3, -0.25) is 4.79 Å². The number of hydrogen-bond donors (Lipinski definition) is 0. The minimum Gasteiger partial charge on any atom is -0.352 e. The number of piperazine rings is 1. The second-order valence-electron chi connectivity index (χ2n) is 7.29. The minimum atomic E-state index is 0.124. The molecule has 0 spiro atoms. The van der Waals surface area contributed by atoms with Crippen LogP contribution in [0.25, 0.3) is 20.7 Å². The van der Waals surface area contributed by atoms with Crippen molar-refractivity contribution < 1.29 is 4.79 Å². The summed E-state index contributed by atoms with van der Waals surface area (Å²) >= 11 is 3.31. The van der Waals surface area contributed by atoms with Gasteiger partial charge in [0.1, 0.15) is 17.0 Å². The number of rotatable bonds is 4. The molecule has 1 aliphatic rings. The number of aromatic nitrogens is 2. The first-order chi connectivity index (χ1) is 14.7. The van der Waals surface area contributed by atoms with Crippen molar-refractivity contribution in [3.63, 3.8) is 0 Å². The summed E-state index contributed by atoms with van der Waals surface area (Å²) in [4.78, 5) is 30.6. The standard InChI is InChI=1S/C23H22N4OS2/c1-2-17-14-18-21(24-15-25-22(18)29-17)26-10-12-27(13-11-26)23(28)20-9-8-19(30-20)16-6-4-3-5-7-16/h3-9,14-15H,2,10-13H2,1H3. The molecule has 30 heavy (non-hydrogen) atoms. The summed E-state index contributed by atoms with van der Waals surface area (Å²) in [7, 11) is 0. The largest absolute Gasteiger partial charge is 0.352 e. The second-order valence-corrected chi connectivity index (χ2v) is 9.49. The smallest absolute Gasteiger partial charge is 0.264 e. The van der Waals surface area contributed by atoms with E-state index in [0.717, 1.165) is 50.9 Å². The number of thiophene rings is 2. The summed E-state index contributed by atoms with van der Waals surface area (Å²) in [5.41, 5.74) is 1.15. The molecule has 5 rings (SSSR count). The monoisotopic (exact) mass is 434 g/mol. The predicted molar refractivity (Wildman–Crippen MR) is 125 cm³/mol. The number of benzene rings is 1. The molecule has 0 unspecified atom stereocenters. The lowest BCUT2D eigenvalue weighted by Crippen LogP contribution is -2.49. The number of aryl methyl sites for hydroxylation is 1. The fourth-order valence-electron chi connectivity index (χ4n) is 3.81. The summed E-state index contributed by atoms with van der Waals surface area (Å²) in [6.45, 7) is 5.13. The number of nitrogens with zero attached hydrogens (tertiary/aromatic N) is 4. The van der Waals surface area contributed by atoms with Crippen molar-refractivity contribution in [1.29, 1.82) is 0 Å². The van der Waals surface area contributed by atoms with Crippen LogP contribution in [0, 0.1) is 0 Å². The molecule has 1 amide bonds. The highest BCUT2D eigenvalue weighted by Crippen LogP contribution is 2.32. The van der Waals surface area contributed by atoms with Crippen molar-refractivity contribution >= 4 is 44.6 Å². The molecule has 1 saturated heterocycles. The average molecular weight is 435 g/mol. The molecule has 1 aliphatic heterocycles. The molecule has 4 heterocycles. The van der Waals surface area contributed by atoms with E-state index in [0.29, 0.717) is 13.1 Å². The number of anilines is 1. The van der Waals surface area contributed by atoms with Crippen LogP contribution in [0.15, 0.2) is 54.9 Å². The first-order valence-electron chi connectivity index (χ1n) is 10.2. The zero-order valence-electron chi connectivity index (χ0n) is 16.7. The molecule has 0 aliphatic carbocycles. The van der Waals surface area contributed by atoms with Crippen molar-refractivity contribution in [3.8, 4) is 10.4 Å². The molecule has 4 aromatic rings. The Morgan fingerprint density at radius 2 is 1.80 bits per heavy atom. The molecule has 3 aromatic heterocycles. The number of fused-ring (bicyclic) bond motifs is 1. The maximum atomic E-state index is 13.0. The zero-order chi connectivity index (χ0) is 20.5. The van der Waals surface area contributed by atoms with E-state index >= 15 is 0 Å². The van der Waals surface area contributed by atoms with Gasteiger partial charge in [0, 0.05) is 35.9 Å². The van der Waals surface area contributed by atoms with Crippen LogP contribution in [0.2, 0.25) is 0 Å². The first-order valence-corrected chi connectivity index (χ1v) is 11.8. The summed E-state index contributed by atoms with van der Waals surface area (Å²) in [5, 5.41) is 1.13. The van der Waals surface area contributed by atoms with Crippen LogP contribution in [0.1, 0.15) is 21.5 Å². The Morgan fingerprint density at radius 1 is 1.00 bits per heavy atom. The fraction of sp³-hybridized carbons (Fsp3) is 0.261. The van der Waals surface area contributed by atoms with Crippen LogP contribution in [0.5, 0.6) is 0 Å². The Balaban J connectivity index is 1.29. The highest BCUT2D eigenvalue weighted by molar-refractivity contribution is 7.18. The third-order valence-corrected chi connectivity index (χ3v) is 7.76. The van der Waals surface area contributed by atoms with Gasteiger partial charge in [0.2, 0.25) is 0 Å². The van der Waals surface area contributed by atoms with Crippen LogP contribution in [-0.2, 0) is 6.42 Å². The van der Waals surface area contributed by atoms with Gasteiger partial charge in [-0.2, -0.15) is 0 Å². The van der Waals surface area contributed by atoms with E-state index in [1.807, 2.05) is 35.2 Å². The van der Waals surface area contributed by atoms with Crippen molar-refractivity contribution in [2.75, 3.05) is 31.1 Å². The summed E-state index contributed by atoms with van der Waals surface area (Å²) in [6.07, 6.45) is 2.66. The number of carbonyl (C=O) groups excluding carboxylic acids is 1. The van der Waals surface area contributed by atoms with Gasteiger partial charge in [0.05, 0.1) is 10.3 Å². The van der Waals surface area contributed by atoms with Crippen molar-refractivity contribution in [2.45, 2.75) is 13.3 Å². The lowest BCUT2D eigenvalue weighted by atomic mass is 10.2. The third kappa shape index (κ3) is 3.59. The molecule has 152 valence electrons. The van der Waals surface area contributed by atoms with Gasteiger partial charge < -0.3 is 9.80 Å². The topological polar surface area (TPSA) is 49.3 Å². The zero-order valence-corrected chi connectivity index (χ0v) is 18.4. The van der Waals surface area contributed by atoms with Crippen molar-refractivity contribution in [3.05, 3.63) is 64.6 Å². The van der Waals surface area contributed by atoms with E-state index in [4.69, 9.17) is 0 Å². The highest BCUT2D eigenvalue weighted by atomic mass is 32.1. The van der Waals surface area contributed by atoms with Gasteiger partial charge in [-0.05, 0) is 30.2 Å². The SMILES string of the molecule is CCc1cc2c(N3CCN(C(=O)c4ccc(-c5ccccc5)s4)CC3)ncnc2s1. The predicted octanol–water partition coefficient (Wildman–Crippen LogP) is 4.94. The molecule has 7 heteroatoms. The molecular weight excluding hydrogens is 412 g/mol. The van der Waals surface area contributed by atoms with Gasteiger partial charge >= 0.3 is 0 Å². The Morgan fingerprint density at radius 3 is 2.57 bits per heavy atom. The fourth-order valence-corrected chi connectivity index (χ4v) is 5.72. The van der Waals surface area contributed by atoms with Crippen LogP contribution < -0.4 is 4.90 Å². The van der Waals surface area contributed by atoms with Gasteiger partial charge in [-0.1, -0.05) is 37.3 Å². The lowest BCUT2D eigenvalue weighted by molar-refractivity contribution is 0.0751. The summed E-state index contributed by atoms with van der Waals surface area (Å²) in [6, 6.07) is 16.4. The van der Waals surface area contributed by atoms with Crippen LogP contribution >= 0.6 is 22.7 Å². The highest BCUT2D eigenvalue weighted by Gasteiger charge is 2.25. The normalized spacial score (nSPS) is 14.4. The van der Waals surface area contributed by atoms with E-state index < -0.39 is 0 Å². The maximum Gasteiger partial charge on any atom is 0.264 e. The number of amides is 1. The van der Waals surface area contributed by atoms with E-state index in [-0.39, 0.29) is 5.91 Å². The van der Waals surface area contributed by atoms with Crippen molar-refractivity contribution in [2.24, 2.45) is 0 Å². The molecule has 0 N–H and O–H groups in total. The summed E-state index contributed by atoms with van der Waals surface area (Å²) < 4.78 is 0. The lowest BCUT2D eigenvalue weighted by Gasteiger charge is -2.35. The summed E-state index contributed by atoms with van der Waals surface area (Å²) in [5.74, 6) is 1.11. The maximum absolute atomic E-state index is 13.0. The van der Waals surface area contributed by atoms with E-state index in [9.17, 15) is 4.79 Å². The third-order valence-electron chi connectivity index (χ3n) is 5.45. The van der Waals surface area contributed by atoms with E-state index in [1.165, 1.54) is 4.88 Å². The molecular formula is C23H22N4OS2. The Bertz CT molecular complexity index is 1180. The van der Waals surface area contributed by atoms with Crippen molar-refractivity contribution in [1.82, 2.24) is 14.9 Å². The van der Waals surface area contributed by atoms with Gasteiger partial charge in [-0.15, -0.1) is 22.7 Å². The molecule has 0 radical (unpaired) electrons. The Labute approximate surface area is 183 Å². The Hall–Kier alpha value is -2.77. The van der Waals surface area contributed by atoms with Crippen LogP contribution in [0.3, 0.4) is 0 Å². The molecule has 0 saturated carbocycles. The van der Waals surface area contributed by atoms with E-state index in [2.05, 4.69) is 40.0 Å². The van der Waals surface area contributed by atoms with E-state index in [1.54, 1.807) is 29.0 Å². The van der Waals surface area contributed by atoms with Gasteiger partial charge in [0.15, 0.2) is 0 Å². The molecule has 0 bridgehead atoms. The number of hydrogen-bond acceptors (Lipinski definition) is 6. The Kier molecular flexibility index (Phi) is 5.23. The van der Waals surface area contributed by atoms with Crippen LogP contribution in [-0.4, -0.2) is 47.0 Å². The molecule has 0 atom stereocenters. The molecule has 5 nitrogen and oxygen atoms in total. The number of carbonyl (C=O) groups is 1. The van der Waals surface area contributed by atoms with Crippen LogP contribution in [0.4, 0.5) is 5.82 Å². The second kappa shape index (κ2) is 8.16. The minimum absolute atomic E-state index is 0.124. The van der Waals surface area contributed by atoms with Gasteiger partial charge in [0.25, 0.3) is 5.91 Å². The van der Waals surface area contributed by atoms with Gasteiger partial charge in [-0.25, -0.2) is 9.97 Å². The quantitative estimate of drug-likeness (QED) is 0.456. The average Bonchev–Trinajstić information content (AvgIpc) is 3.46.